The van der Waals surface area contributed by atoms with Gasteiger partial charge in [0, 0.05) is 37.1 Å². The molecule has 0 amide bonds. The Morgan fingerprint density at radius 1 is 1.30 bits per heavy atom. The molecule has 1 aromatic heterocycles. The fourth-order valence-corrected chi connectivity index (χ4v) is 2.69. The van der Waals surface area contributed by atoms with Crippen molar-refractivity contribution in [2.24, 2.45) is 5.73 Å². The first-order chi connectivity index (χ1) is 9.74. The Labute approximate surface area is 124 Å². The van der Waals surface area contributed by atoms with Gasteiger partial charge in [0.05, 0.1) is 10.5 Å². The Hall–Kier alpha value is -1.52. The first kappa shape index (κ1) is 13.5. The SMILES string of the molecule is NC(=S)CCN(Cc1ccnc2ccccc12)C1CC1. The first-order valence-corrected chi connectivity index (χ1v) is 7.50. The summed E-state index contributed by atoms with van der Waals surface area (Å²) in [6.07, 6.45) is 5.28. The highest BCUT2D eigenvalue weighted by Gasteiger charge is 2.28. The zero-order valence-electron chi connectivity index (χ0n) is 11.5. The second-order valence-electron chi connectivity index (χ2n) is 5.41. The van der Waals surface area contributed by atoms with Gasteiger partial charge in [-0.15, -0.1) is 0 Å². The summed E-state index contributed by atoms with van der Waals surface area (Å²) >= 11 is 5.00. The van der Waals surface area contributed by atoms with Gasteiger partial charge in [-0.05, 0) is 30.5 Å². The molecule has 1 aliphatic rings. The zero-order chi connectivity index (χ0) is 13.9. The Bertz CT molecular complexity index is 617. The Balaban J connectivity index is 1.81. The number of benzene rings is 1. The van der Waals surface area contributed by atoms with Crippen LogP contribution in [0.2, 0.25) is 0 Å². The molecule has 3 rings (SSSR count). The molecule has 4 heteroatoms. The standard InChI is InChI=1S/C16H19N3S/c17-16(20)8-10-19(13-5-6-13)11-12-7-9-18-15-4-2-1-3-14(12)15/h1-4,7,9,13H,5-6,8,10-11H2,(H2,17,20). The van der Waals surface area contributed by atoms with Gasteiger partial charge < -0.3 is 5.73 Å². The number of aromatic nitrogens is 1. The summed E-state index contributed by atoms with van der Waals surface area (Å²) in [6.45, 7) is 1.91. The Morgan fingerprint density at radius 3 is 2.85 bits per heavy atom. The van der Waals surface area contributed by atoms with Crippen molar-refractivity contribution < 1.29 is 0 Å². The highest BCUT2D eigenvalue weighted by Crippen LogP contribution is 2.29. The molecular weight excluding hydrogens is 266 g/mol. The summed E-state index contributed by atoms with van der Waals surface area (Å²) in [5.41, 5.74) is 8.04. The first-order valence-electron chi connectivity index (χ1n) is 7.09. The summed E-state index contributed by atoms with van der Waals surface area (Å²) < 4.78 is 0. The number of hydrogen-bond donors (Lipinski definition) is 1. The van der Waals surface area contributed by atoms with Crippen LogP contribution in [0.5, 0.6) is 0 Å². The zero-order valence-corrected chi connectivity index (χ0v) is 12.3. The van der Waals surface area contributed by atoms with Crippen LogP contribution in [0.25, 0.3) is 10.9 Å². The molecule has 0 atom stereocenters. The van der Waals surface area contributed by atoms with Crippen molar-refractivity contribution in [3.63, 3.8) is 0 Å². The van der Waals surface area contributed by atoms with E-state index >= 15 is 0 Å². The largest absolute Gasteiger partial charge is 0.393 e. The minimum Gasteiger partial charge on any atom is -0.393 e. The lowest BCUT2D eigenvalue weighted by molar-refractivity contribution is 0.263. The molecule has 0 unspecified atom stereocenters. The van der Waals surface area contributed by atoms with E-state index in [-0.39, 0.29) is 0 Å². The van der Waals surface area contributed by atoms with Crippen LogP contribution in [0.1, 0.15) is 24.8 Å². The van der Waals surface area contributed by atoms with E-state index in [0.29, 0.717) is 11.0 Å². The fraction of sp³-hybridized carbons (Fsp3) is 0.375. The van der Waals surface area contributed by atoms with E-state index < -0.39 is 0 Å². The minimum absolute atomic E-state index is 0.607. The third-order valence-electron chi connectivity index (χ3n) is 3.82. The molecule has 20 heavy (non-hydrogen) atoms. The number of para-hydroxylation sites is 1. The van der Waals surface area contributed by atoms with Crippen LogP contribution < -0.4 is 5.73 Å². The molecule has 0 radical (unpaired) electrons. The van der Waals surface area contributed by atoms with Gasteiger partial charge in [-0.3, -0.25) is 9.88 Å². The van der Waals surface area contributed by atoms with Crippen molar-refractivity contribution in [1.82, 2.24) is 9.88 Å². The molecule has 104 valence electrons. The van der Waals surface area contributed by atoms with Crippen molar-refractivity contribution >= 4 is 28.1 Å². The van der Waals surface area contributed by atoms with Crippen LogP contribution in [0.4, 0.5) is 0 Å². The smallest absolute Gasteiger partial charge is 0.0740 e. The van der Waals surface area contributed by atoms with Crippen LogP contribution in [0.15, 0.2) is 36.5 Å². The molecule has 1 aromatic carbocycles. The fourth-order valence-electron chi connectivity index (χ4n) is 2.60. The van der Waals surface area contributed by atoms with Gasteiger partial charge in [-0.25, -0.2) is 0 Å². The number of thiocarbonyl (C=S) groups is 1. The van der Waals surface area contributed by atoms with Gasteiger partial charge in [0.15, 0.2) is 0 Å². The molecule has 0 saturated heterocycles. The van der Waals surface area contributed by atoms with Crippen molar-refractivity contribution in [1.29, 1.82) is 0 Å². The molecule has 1 saturated carbocycles. The molecule has 1 aliphatic carbocycles. The van der Waals surface area contributed by atoms with Gasteiger partial charge in [-0.1, -0.05) is 30.4 Å². The van der Waals surface area contributed by atoms with Crippen LogP contribution in [0, 0.1) is 0 Å². The molecule has 1 fully saturated rings. The average molecular weight is 285 g/mol. The van der Waals surface area contributed by atoms with E-state index in [1.54, 1.807) is 0 Å². The van der Waals surface area contributed by atoms with Crippen molar-refractivity contribution in [2.75, 3.05) is 6.54 Å². The maximum atomic E-state index is 5.64. The van der Waals surface area contributed by atoms with E-state index in [9.17, 15) is 0 Å². The molecule has 0 bridgehead atoms. The molecule has 2 aromatic rings. The molecule has 3 nitrogen and oxygen atoms in total. The van der Waals surface area contributed by atoms with Gasteiger partial charge in [-0.2, -0.15) is 0 Å². The van der Waals surface area contributed by atoms with Gasteiger partial charge in [0.1, 0.15) is 0 Å². The predicted molar refractivity (Wildman–Crippen MR) is 86.6 cm³/mol. The van der Waals surface area contributed by atoms with E-state index in [4.69, 9.17) is 18.0 Å². The number of pyridine rings is 1. The van der Waals surface area contributed by atoms with E-state index in [1.165, 1.54) is 23.8 Å². The number of nitrogens with two attached hydrogens (primary N) is 1. The monoisotopic (exact) mass is 285 g/mol. The average Bonchev–Trinajstić information content (AvgIpc) is 3.28. The highest BCUT2D eigenvalue weighted by atomic mass is 32.1. The van der Waals surface area contributed by atoms with Gasteiger partial charge in [0.2, 0.25) is 0 Å². The second-order valence-corrected chi connectivity index (χ2v) is 5.93. The number of nitrogens with zero attached hydrogens (tertiary/aromatic N) is 2. The number of hydrogen-bond acceptors (Lipinski definition) is 3. The Morgan fingerprint density at radius 2 is 2.10 bits per heavy atom. The summed E-state index contributed by atoms with van der Waals surface area (Å²) in [6, 6.07) is 11.1. The second kappa shape index (κ2) is 5.85. The van der Waals surface area contributed by atoms with Gasteiger partial charge in [0.25, 0.3) is 0 Å². The molecule has 0 aliphatic heterocycles. The summed E-state index contributed by atoms with van der Waals surface area (Å²) in [5.74, 6) is 0. The van der Waals surface area contributed by atoms with Crippen LogP contribution in [-0.4, -0.2) is 27.5 Å². The number of fused-ring (bicyclic) bond motifs is 1. The molecule has 0 spiro atoms. The maximum absolute atomic E-state index is 5.64. The molecule has 1 heterocycles. The van der Waals surface area contributed by atoms with E-state index in [0.717, 1.165) is 25.0 Å². The highest BCUT2D eigenvalue weighted by molar-refractivity contribution is 7.80. The lowest BCUT2D eigenvalue weighted by atomic mass is 10.1. The van der Waals surface area contributed by atoms with Crippen molar-refractivity contribution in [2.45, 2.75) is 31.8 Å². The maximum Gasteiger partial charge on any atom is 0.0740 e. The third kappa shape index (κ3) is 3.14. The normalized spacial score (nSPS) is 14.8. The lowest BCUT2D eigenvalue weighted by Gasteiger charge is -2.22. The molecular formula is C16H19N3S. The minimum atomic E-state index is 0.607. The lowest BCUT2D eigenvalue weighted by Crippen LogP contribution is -2.29. The predicted octanol–water partition coefficient (Wildman–Crippen LogP) is 2.88. The van der Waals surface area contributed by atoms with E-state index in [2.05, 4.69) is 34.1 Å². The summed E-state index contributed by atoms with van der Waals surface area (Å²) in [4.78, 5) is 7.53. The van der Waals surface area contributed by atoms with Crippen LogP contribution >= 0.6 is 12.2 Å². The summed E-state index contributed by atoms with van der Waals surface area (Å²) in [5, 5.41) is 1.25. The van der Waals surface area contributed by atoms with Crippen LogP contribution in [0.3, 0.4) is 0 Å². The molecule has 2 N–H and O–H groups in total. The number of rotatable bonds is 6. The Kier molecular flexibility index (Phi) is 3.94. The van der Waals surface area contributed by atoms with Crippen molar-refractivity contribution in [3.8, 4) is 0 Å². The van der Waals surface area contributed by atoms with Crippen LogP contribution in [-0.2, 0) is 6.54 Å². The van der Waals surface area contributed by atoms with E-state index in [1.807, 2.05) is 12.3 Å². The van der Waals surface area contributed by atoms with Crippen molar-refractivity contribution in [3.05, 3.63) is 42.1 Å². The topological polar surface area (TPSA) is 42.1 Å². The third-order valence-corrected chi connectivity index (χ3v) is 4.03. The summed E-state index contributed by atoms with van der Waals surface area (Å²) in [7, 11) is 0. The quantitative estimate of drug-likeness (QED) is 0.829. The van der Waals surface area contributed by atoms with Gasteiger partial charge >= 0.3 is 0 Å².